The van der Waals surface area contributed by atoms with Gasteiger partial charge in [-0.1, -0.05) is 24.4 Å². The number of benzene rings is 1. The largest absolute Gasteiger partial charge is 0.352 e. The van der Waals surface area contributed by atoms with Crippen LogP contribution < -0.4 is 0 Å². The number of aromatic nitrogens is 2. The normalized spacial score (nSPS) is 10.9. The third kappa shape index (κ3) is 1.95. The van der Waals surface area contributed by atoms with E-state index >= 15 is 0 Å². The summed E-state index contributed by atoms with van der Waals surface area (Å²) in [5.41, 5.74) is 2.15. The number of aromatic amines is 1. The van der Waals surface area contributed by atoms with Crippen molar-refractivity contribution in [2.75, 3.05) is 0 Å². The average Bonchev–Trinajstić information content (AvgIpc) is 2.77. The van der Waals surface area contributed by atoms with Crippen molar-refractivity contribution in [1.82, 2.24) is 9.55 Å². The molecule has 0 unspecified atom stereocenters. The minimum atomic E-state index is -0.210. The van der Waals surface area contributed by atoms with Crippen molar-refractivity contribution in [2.45, 2.75) is 6.54 Å². The number of H-pyrrole nitrogens is 1. The van der Waals surface area contributed by atoms with Gasteiger partial charge in [-0.3, -0.25) is 0 Å². The second kappa shape index (κ2) is 4.38. The maximum atomic E-state index is 12.8. The molecule has 3 rings (SSSR count). The van der Waals surface area contributed by atoms with E-state index in [1.54, 1.807) is 12.1 Å². The molecule has 2 heterocycles. The van der Waals surface area contributed by atoms with E-state index < -0.39 is 0 Å². The van der Waals surface area contributed by atoms with Gasteiger partial charge in [0.25, 0.3) is 0 Å². The second-order valence-corrected chi connectivity index (χ2v) is 4.58. The van der Waals surface area contributed by atoms with Crippen LogP contribution in [-0.2, 0) is 6.54 Å². The summed E-state index contributed by atoms with van der Waals surface area (Å²) in [6, 6.07) is 10.5. The first-order chi connectivity index (χ1) is 8.74. The van der Waals surface area contributed by atoms with E-state index in [4.69, 9.17) is 12.2 Å². The third-order valence-corrected chi connectivity index (χ3v) is 3.31. The van der Waals surface area contributed by atoms with Crippen molar-refractivity contribution < 1.29 is 4.39 Å². The Labute approximate surface area is 109 Å². The molecule has 2 aromatic heterocycles. The number of rotatable bonds is 2. The summed E-state index contributed by atoms with van der Waals surface area (Å²) >= 11 is 5.23. The van der Waals surface area contributed by atoms with Gasteiger partial charge >= 0.3 is 0 Å². The van der Waals surface area contributed by atoms with E-state index in [0.717, 1.165) is 21.1 Å². The monoisotopic (exact) mass is 258 g/mol. The fourth-order valence-corrected chi connectivity index (χ4v) is 2.30. The zero-order valence-electron chi connectivity index (χ0n) is 9.56. The lowest BCUT2D eigenvalue weighted by molar-refractivity contribution is 0.626. The van der Waals surface area contributed by atoms with Crippen molar-refractivity contribution in [2.24, 2.45) is 0 Å². The standard InChI is InChI=1S/C14H11FN2S/c15-11-3-1-10(2-4-11)9-17-8-6-12-13(17)5-7-16-14(12)18/h1-8H,9H2,(H,16,18). The minimum Gasteiger partial charge on any atom is -0.352 e. The van der Waals surface area contributed by atoms with E-state index in [1.165, 1.54) is 12.1 Å². The zero-order chi connectivity index (χ0) is 12.5. The molecule has 0 aliphatic heterocycles. The van der Waals surface area contributed by atoms with E-state index in [2.05, 4.69) is 9.55 Å². The lowest BCUT2D eigenvalue weighted by Crippen LogP contribution is -1.97. The van der Waals surface area contributed by atoms with Crippen LogP contribution >= 0.6 is 12.2 Å². The smallest absolute Gasteiger partial charge is 0.123 e. The van der Waals surface area contributed by atoms with Gasteiger partial charge in [-0.2, -0.15) is 0 Å². The van der Waals surface area contributed by atoms with E-state index in [0.29, 0.717) is 6.54 Å². The van der Waals surface area contributed by atoms with Crippen LogP contribution in [0.4, 0.5) is 4.39 Å². The Hall–Kier alpha value is -1.94. The molecule has 0 radical (unpaired) electrons. The van der Waals surface area contributed by atoms with Gasteiger partial charge in [-0.25, -0.2) is 4.39 Å². The molecule has 0 saturated carbocycles. The predicted octanol–water partition coefficient (Wildman–Crippen LogP) is 3.89. The van der Waals surface area contributed by atoms with Gasteiger partial charge in [0.05, 0.1) is 5.52 Å². The Morgan fingerprint density at radius 1 is 1.11 bits per heavy atom. The third-order valence-electron chi connectivity index (χ3n) is 2.97. The summed E-state index contributed by atoms with van der Waals surface area (Å²) in [6.07, 6.45) is 3.84. The summed E-state index contributed by atoms with van der Waals surface area (Å²) in [6.45, 7) is 0.711. The highest BCUT2D eigenvalue weighted by Crippen LogP contribution is 2.17. The van der Waals surface area contributed by atoms with Gasteiger partial charge < -0.3 is 9.55 Å². The predicted molar refractivity (Wildman–Crippen MR) is 72.6 cm³/mol. The quantitative estimate of drug-likeness (QED) is 0.692. The van der Waals surface area contributed by atoms with E-state index in [1.807, 2.05) is 24.5 Å². The minimum absolute atomic E-state index is 0.210. The summed E-state index contributed by atoms with van der Waals surface area (Å²) in [4.78, 5) is 3.01. The zero-order valence-corrected chi connectivity index (χ0v) is 10.4. The SMILES string of the molecule is Fc1ccc(Cn2ccc3c(=S)[nH]ccc32)cc1. The fraction of sp³-hybridized carbons (Fsp3) is 0.0714. The maximum Gasteiger partial charge on any atom is 0.123 e. The summed E-state index contributed by atoms with van der Waals surface area (Å²) in [7, 11) is 0. The number of hydrogen-bond acceptors (Lipinski definition) is 1. The molecule has 0 saturated heterocycles. The van der Waals surface area contributed by atoms with E-state index in [9.17, 15) is 4.39 Å². The first-order valence-electron chi connectivity index (χ1n) is 5.65. The fourth-order valence-electron chi connectivity index (χ4n) is 2.06. The number of hydrogen-bond donors (Lipinski definition) is 1. The van der Waals surface area contributed by atoms with Crippen molar-refractivity contribution in [3.05, 3.63) is 64.8 Å². The Balaban J connectivity index is 2.03. The van der Waals surface area contributed by atoms with Gasteiger partial charge in [-0.05, 0) is 29.8 Å². The van der Waals surface area contributed by atoms with Crippen LogP contribution in [0, 0.1) is 10.5 Å². The number of nitrogens with one attached hydrogen (secondary N) is 1. The Bertz CT molecular complexity index is 740. The van der Waals surface area contributed by atoms with Crippen LogP contribution in [0.2, 0.25) is 0 Å². The molecule has 0 bridgehead atoms. The molecule has 0 aliphatic rings. The van der Waals surface area contributed by atoms with Crippen molar-refractivity contribution >= 4 is 23.1 Å². The average molecular weight is 258 g/mol. The Kier molecular flexibility index (Phi) is 2.72. The number of nitrogens with zero attached hydrogens (tertiary/aromatic N) is 1. The summed E-state index contributed by atoms with van der Waals surface area (Å²) < 4.78 is 15.7. The van der Waals surface area contributed by atoms with Crippen LogP contribution in [0.1, 0.15) is 5.56 Å². The highest BCUT2D eigenvalue weighted by atomic mass is 32.1. The molecule has 1 aromatic carbocycles. The molecule has 4 heteroatoms. The number of pyridine rings is 1. The summed E-state index contributed by atoms with van der Waals surface area (Å²) in [5.74, 6) is -0.210. The molecule has 3 aromatic rings. The molecule has 0 amide bonds. The van der Waals surface area contributed by atoms with Crippen LogP contribution in [0.3, 0.4) is 0 Å². The van der Waals surface area contributed by atoms with Crippen LogP contribution in [0.5, 0.6) is 0 Å². The van der Waals surface area contributed by atoms with Crippen LogP contribution in [0.25, 0.3) is 10.9 Å². The topological polar surface area (TPSA) is 20.7 Å². The molecule has 0 fully saturated rings. The first-order valence-corrected chi connectivity index (χ1v) is 6.06. The van der Waals surface area contributed by atoms with Crippen molar-refractivity contribution in [1.29, 1.82) is 0 Å². The Morgan fingerprint density at radius 2 is 1.89 bits per heavy atom. The number of fused-ring (bicyclic) bond motifs is 1. The van der Waals surface area contributed by atoms with Gasteiger partial charge in [0.2, 0.25) is 0 Å². The molecule has 0 spiro atoms. The second-order valence-electron chi connectivity index (χ2n) is 4.18. The molecule has 2 nitrogen and oxygen atoms in total. The molecule has 0 atom stereocenters. The van der Waals surface area contributed by atoms with Crippen molar-refractivity contribution in [3.63, 3.8) is 0 Å². The van der Waals surface area contributed by atoms with Gasteiger partial charge in [0, 0.05) is 24.3 Å². The molecule has 90 valence electrons. The molecule has 1 N–H and O–H groups in total. The maximum absolute atomic E-state index is 12.8. The lowest BCUT2D eigenvalue weighted by atomic mass is 10.2. The van der Waals surface area contributed by atoms with Crippen LogP contribution in [0.15, 0.2) is 48.8 Å². The van der Waals surface area contributed by atoms with Gasteiger partial charge in [-0.15, -0.1) is 0 Å². The highest BCUT2D eigenvalue weighted by molar-refractivity contribution is 7.71. The van der Waals surface area contributed by atoms with Gasteiger partial charge in [0.15, 0.2) is 0 Å². The number of halogens is 1. The molecular weight excluding hydrogens is 247 g/mol. The lowest BCUT2D eigenvalue weighted by Gasteiger charge is -2.05. The molecular formula is C14H11FN2S. The molecule has 0 aliphatic carbocycles. The Morgan fingerprint density at radius 3 is 2.67 bits per heavy atom. The van der Waals surface area contributed by atoms with E-state index in [-0.39, 0.29) is 5.82 Å². The highest BCUT2D eigenvalue weighted by Gasteiger charge is 2.02. The molecule has 18 heavy (non-hydrogen) atoms. The van der Waals surface area contributed by atoms with Gasteiger partial charge in [0.1, 0.15) is 10.5 Å². The van der Waals surface area contributed by atoms with Crippen molar-refractivity contribution in [3.8, 4) is 0 Å². The van der Waals surface area contributed by atoms with Crippen LogP contribution in [-0.4, -0.2) is 9.55 Å². The first kappa shape index (κ1) is 11.2. The summed E-state index contributed by atoms with van der Waals surface area (Å²) in [5, 5.41) is 1.04.